The number of benzene rings is 1. The van der Waals surface area contributed by atoms with Crippen molar-refractivity contribution in [2.75, 3.05) is 18.4 Å². The molecule has 0 aromatic heterocycles. The van der Waals surface area contributed by atoms with Crippen LogP contribution in [0, 0.1) is 0 Å². The lowest BCUT2D eigenvalue weighted by atomic mass is 10.1. The number of carbonyl (C=O) groups excluding carboxylic acids is 1. The van der Waals surface area contributed by atoms with E-state index in [0.29, 0.717) is 6.04 Å². The van der Waals surface area contributed by atoms with Gasteiger partial charge in [0.25, 0.3) is 0 Å². The van der Waals surface area contributed by atoms with Crippen LogP contribution in [0.5, 0.6) is 0 Å². The Labute approximate surface area is 88.3 Å². The molecule has 0 atom stereocenters. The molecule has 4 heteroatoms. The predicted molar refractivity (Wildman–Crippen MR) is 57.7 cm³/mol. The van der Waals surface area contributed by atoms with E-state index >= 15 is 0 Å². The Bertz CT molecular complexity index is 401. The van der Waals surface area contributed by atoms with E-state index in [1.807, 2.05) is 23.1 Å². The summed E-state index contributed by atoms with van der Waals surface area (Å²) in [6.07, 6.45) is 0. The molecule has 2 heterocycles. The maximum atomic E-state index is 11.8. The summed E-state index contributed by atoms with van der Waals surface area (Å²) in [6.45, 7) is 2.56. The first kappa shape index (κ1) is 8.73. The van der Waals surface area contributed by atoms with E-state index in [-0.39, 0.29) is 6.03 Å². The van der Waals surface area contributed by atoms with E-state index in [1.54, 1.807) is 0 Å². The maximum absolute atomic E-state index is 11.8. The van der Waals surface area contributed by atoms with Crippen molar-refractivity contribution < 1.29 is 4.79 Å². The molecule has 2 aliphatic heterocycles. The highest BCUT2D eigenvalue weighted by atomic mass is 16.2. The smallest absolute Gasteiger partial charge is 0.315 e. The molecule has 0 bridgehead atoms. The Morgan fingerprint density at radius 2 is 2.07 bits per heavy atom. The van der Waals surface area contributed by atoms with Gasteiger partial charge in [-0.05, 0) is 11.6 Å². The van der Waals surface area contributed by atoms with Gasteiger partial charge in [-0.2, -0.15) is 0 Å². The Morgan fingerprint density at radius 3 is 2.80 bits per heavy atom. The van der Waals surface area contributed by atoms with Crippen molar-refractivity contribution in [3.05, 3.63) is 29.8 Å². The fourth-order valence-electron chi connectivity index (χ4n) is 2.01. The lowest BCUT2D eigenvalue weighted by Crippen LogP contribution is -2.60. The Kier molecular flexibility index (Phi) is 1.89. The van der Waals surface area contributed by atoms with Crippen LogP contribution in [0.1, 0.15) is 5.56 Å². The molecule has 3 rings (SSSR count). The van der Waals surface area contributed by atoms with Gasteiger partial charge in [0.1, 0.15) is 0 Å². The molecule has 4 nitrogen and oxygen atoms in total. The van der Waals surface area contributed by atoms with Crippen LogP contribution in [0.4, 0.5) is 10.5 Å². The highest BCUT2D eigenvalue weighted by Gasteiger charge is 2.31. The van der Waals surface area contributed by atoms with Crippen LogP contribution >= 0.6 is 0 Å². The molecule has 0 radical (unpaired) electrons. The number of fused-ring (bicyclic) bond motifs is 1. The number of carbonyl (C=O) groups is 1. The van der Waals surface area contributed by atoms with Crippen molar-refractivity contribution in [3.8, 4) is 0 Å². The van der Waals surface area contributed by atoms with Crippen molar-refractivity contribution in [1.82, 2.24) is 10.2 Å². The zero-order valence-corrected chi connectivity index (χ0v) is 8.36. The van der Waals surface area contributed by atoms with Crippen LogP contribution in [0.25, 0.3) is 0 Å². The van der Waals surface area contributed by atoms with Crippen LogP contribution in [0.2, 0.25) is 0 Å². The standard InChI is InChI=1S/C11H13N3O/c15-11-13-10-4-2-1-3-8(10)7-14(11)9-5-12-6-9/h1-4,9,12H,5-7H2,(H,13,15). The normalized spacial score (nSPS) is 20.5. The first-order chi connectivity index (χ1) is 7.34. The predicted octanol–water partition coefficient (Wildman–Crippen LogP) is 1.01. The first-order valence-electron chi connectivity index (χ1n) is 5.21. The third-order valence-corrected chi connectivity index (χ3v) is 3.06. The van der Waals surface area contributed by atoms with Gasteiger partial charge >= 0.3 is 6.03 Å². The van der Waals surface area contributed by atoms with Crippen LogP contribution in [-0.2, 0) is 6.54 Å². The minimum atomic E-state index is 0.0280. The summed E-state index contributed by atoms with van der Waals surface area (Å²) in [5.74, 6) is 0. The number of amides is 2. The number of hydrogen-bond donors (Lipinski definition) is 2. The number of para-hydroxylation sites is 1. The van der Waals surface area contributed by atoms with E-state index in [1.165, 1.54) is 5.56 Å². The molecule has 0 spiro atoms. The van der Waals surface area contributed by atoms with E-state index in [9.17, 15) is 4.79 Å². The van der Waals surface area contributed by atoms with Gasteiger partial charge in [-0.3, -0.25) is 0 Å². The second-order valence-electron chi connectivity index (χ2n) is 4.03. The van der Waals surface area contributed by atoms with Gasteiger partial charge in [0.2, 0.25) is 0 Å². The van der Waals surface area contributed by atoms with E-state index < -0.39 is 0 Å². The van der Waals surface area contributed by atoms with E-state index in [0.717, 1.165) is 25.3 Å². The Hall–Kier alpha value is -1.55. The molecule has 78 valence electrons. The third kappa shape index (κ3) is 1.37. The van der Waals surface area contributed by atoms with Crippen LogP contribution in [0.15, 0.2) is 24.3 Å². The fourth-order valence-corrected chi connectivity index (χ4v) is 2.01. The molecule has 1 aromatic rings. The molecule has 1 saturated heterocycles. The Balaban J connectivity index is 1.88. The molecule has 0 unspecified atom stereocenters. The highest BCUT2D eigenvalue weighted by Crippen LogP contribution is 2.24. The highest BCUT2D eigenvalue weighted by molar-refractivity contribution is 5.92. The van der Waals surface area contributed by atoms with Gasteiger partial charge in [0.05, 0.1) is 6.04 Å². The average Bonchev–Trinajstić information content (AvgIpc) is 2.16. The first-order valence-corrected chi connectivity index (χ1v) is 5.21. The SMILES string of the molecule is O=C1Nc2ccccc2CN1C1CNC1. The number of urea groups is 1. The molecule has 1 fully saturated rings. The lowest BCUT2D eigenvalue weighted by Gasteiger charge is -2.40. The van der Waals surface area contributed by atoms with Gasteiger partial charge < -0.3 is 15.5 Å². The van der Waals surface area contributed by atoms with Gasteiger partial charge in [0, 0.05) is 25.3 Å². The largest absolute Gasteiger partial charge is 0.322 e. The number of hydrogen-bond acceptors (Lipinski definition) is 2. The van der Waals surface area contributed by atoms with Crippen molar-refractivity contribution in [2.24, 2.45) is 0 Å². The van der Waals surface area contributed by atoms with Gasteiger partial charge in [-0.1, -0.05) is 18.2 Å². The molecular weight excluding hydrogens is 190 g/mol. The topological polar surface area (TPSA) is 44.4 Å². The summed E-state index contributed by atoms with van der Waals surface area (Å²) in [5, 5.41) is 6.10. The zero-order valence-electron chi connectivity index (χ0n) is 8.36. The number of nitrogens with zero attached hydrogens (tertiary/aromatic N) is 1. The maximum Gasteiger partial charge on any atom is 0.322 e. The average molecular weight is 203 g/mol. The van der Waals surface area contributed by atoms with Crippen molar-refractivity contribution in [3.63, 3.8) is 0 Å². The van der Waals surface area contributed by atoms with Crippen LogP contribution in [-0.4, -0.2) is 30.1 Å². The summed E-state index contributed by atoms with van der Waals surface area (Å²) >= 11 is 0. The van der Waals surface area contributed by atoms with Crippen molar-refractivity contribution in [1.29, 1.82) is 0 Å². The molecule has 1 aromatic carbocycles. The molecule has 15 heavy (non-hydrogen) atoms. The van der Waals surface area contributed by atoms with Gasteiger partial charge in [-0.15, -0.1) is 0 Å². The van der Waals surface area contributed by atoms with Crippen molar-refractivity contribution in [2.45, 2.75) is 12.6 Å². The molecule has 0 saturated carbocycles. The summed E-state index contributed by atoms with van der Waals surface area (Å²) < 4.78 is 0. The van der Waals surface area contributed by atoms with E-state index in [2.05, 4.69) is 16.7 Å². The summed E-state index contributed by atoms with van der Waals surface area (Å²) in [5.41, 5.74) is 2.15. The zero-order chi connectivity index (χ0) is 10.3. The van der Waals surface area contributed by atoms with Gasteiger partial charge in [-0.25, -0.2) is 4.79 Å². The summed E-state index contributed by atoms with van der Waals surface area (Å²) in [6, 6.07) is 8.35. The number of rotatable bonds is 1. The molecular formula is C11H13N3O. The second kappa shape index (κ2) is 3.24. The summed E-state index contributed by atoms with van der Waals surface area (Å²) in [7, 11) is 0. The van der Waals surface area contributed by atoms with Crippen molar-refractivity contribution >= 4 is 11.7 Å². The molecule has 0 aliphatic carbocycles. The second-order valence-corrected chi connectivity index (χ2v) is 4.03. The third-order valence-electron chi connectivity index (χ3n) is 3.06. The quantitative estimate of drug-likeness (QED) is 0.715. The van der Waals surface area contributed by atoms with E-state index in [4.69, 9.17) is 0 Å². The minimum absolute atomic E-state index is 0.0280. The van der Waals surface area contributed by atoms with Gasteiger partial charge in [0.15, 0.2) is 0 Å². The molecule has 2 aliphatic rings. The monoisotopic (exact) mass is 203 g/mol. The lowest BCUT2D eigenvalue weighted by molar-refractivity contribution is 0.153. The fraction of sp³-hybridized carbons (Fsp3) is 0.364. The van der Waals surface area contributed by atoms with Crippen LogP contribution < -0.4 is 10.6 Å². The Morgan fingerprint density at radius 1 is 1.27 bits per heavy atom. The number of anilines is 1. The summed E-state index contributed by atoms with van der Waals surface area (Å²) in [4.78, 5) is 13.7. The molecule has 2 N–H and O–H groups in total. The minimum Gasteiger partial charge on any atom is -0.315 e. The number of nitrogens with one attached hydrogen (secondary N) is 2. The van der Waals surface area contributed by atoms with Crippen LogP contribution in [0.3, 0.4) is 0 Å². The molecule has 2 amide bonds.